The molecule has 37 heavy (non-hydrogen) atoms. The van der Waals surface area contributed by atoms with Crippen molar-refractivity contribution in [2.24, 2.45) is 11.8 Å². The first-order valence-corrected chi connectivity index (χ1v) is 12.2. The number of carboxylic acids is 1. The molecular weight excluding hydrogens is 478 g/mol. The Morgan fingerprint density at radius 1 is 1.05 bits per heavy atom. The summed E-state index contributed by atoms with van der Waals surface area (Å²) in [6.45, 7) is 2.02. The highest BCUT2D eigenvalue weighted by Gasteiger charge is 2.70. The number of carboxylic acid groups (broad SMARTS) is 1. The molecule has 2 aromatic rings. The van der Waals surface area contributed by atoms with Gasteiger partial charge in [-0.2, -0.15) is 0 Å². The molecule has 3 amide bonds. The molecule has 3 aliphatic heterocycles. The number of rotatable bonds is 8. The molecule has 2 fully saturated rings. The zero-order chi connectivity index (χ0) is 26.5. The van der Waals surface area contributed by atoms with Crippen molar-refractivity contribution in [2.75, 3.05) is 26.1 Å². The van der Waals surface area contributed by atoms with Gasteiger partial charge in [-0.15, -0.1) is 0 Å². The smallest absolute Gasteiger partial charge is 0.303 e. The Kier molecular flexibility index (Phi) is 6.15. The van der Waals surface area contributed by atoms with Crippen LogP contribution in [0.15, 0.2) is 36.4 Å². The lowest BCUT2D eigenvalue weighted by Crippen LogP contribution is -2.53. The number of aliphatic carboxylic acids is 1. The summed E-state index contributed by atoms with van der Waals surface area (Å²) in [7, 11) is 3.08. The van der Waals surface area contributed by atoms with E-state index in [1.165, 1.54) is 12.0 Å². The summed E-state index contributed by atoms with van der Waals surface area (Å²) < 4.78 is 10.6. The molecule has 194 valence electrons. The zero-order valence-electron chi connectivity index (χ0n) is 20.9. The number of carbonyl (C=O) groups excluding carboxylic acids is 3. The first-order chi connectivity index (χ1) is 17.7. The largest absolute Gasteiger partial charge is 0.493 e. The number of hydrogen-bond acceptors (Lipinski definition) is 7. The van der Waals surface area contributed by atoms with E-state index in [0.29, 0.717) is 29.2 Å². The van der Waals surface area contributed by atoms with Crippen LogP contribution >= 0.6 is 0 Å². The Hall–Kier alpha value is -3.92. The summed E-state index contributed by atoms with van der Waals surface area (Å²) in [6.07, 6.45) is 0.320. The Balaban J connectivity index is 1.48. The van der Waals surface area contributed by atoms with Gasteiger partial charge in [0, 0.05) is 30.3 Å². The highest BCUT2D eigenvalue weighted by Crippen LogP contribution is 2.53. The number of ether oxygens (including phenoxy) is 2. The fraction of sp³-hybridized carbons (Fsp3) is 0.407. The number of hydrogen-bond donors (Lipinski definition) is 3. The number of likely N-dealkylation sites (tertiary alicyclic amines) is 1. The molecule has 5 rings (SSSR count). The zero-order valence-corrected chi connectivity index (χ0v) is 20.9. The Bertz CT molecular complexity index is 1310. The summed E-state index contributed by atoms with van der Waals surface area (Å²) in [4.78, 5) is 53.6. The summed E-state index contributed by atoms with van der Waals surface area (Å²) in [6, 6.07) is 10.3. The molecular formula is C27H29N3O7. The van der Waals surface area contributed by atoms with Gasteiger partial charge < -0.3 is 19.9 Å². The number of carbonyl (C=O) groups is 4. The molecule has 3 N–H and O–H groups in total. The van der Waals surface area contributed by atoms with E-state index in [2.05, 4.69) is 10.6 Å². The number of amides is 3. The molecule has 0 aromatic heterocycles. The predicted molar refractivity (Wildman–Crippen MR) is 132 cm³/mol. The summed E-state index contributed by atoms with van der Waals surface area (Å²) in [5.74, 6) is -2.90. The normalized spacial score (nSPS) is 25.9. The Labute approximate surface area is 213 Å². The summed E-state index contributed by atoms with van der Waals surface area (Å²) >= 11 is 0. The van der Waals surface area contributed by atoms with Crippen molar-refractivity contribution in [1.29, 1.82) is 0 Å². The Morgan fingerprint density at radius 3 is 2.51 bits per heavy atom. The van der Waals surface area contributed by atoms with Crippen LogP contribution in [-0.4, -0.2) is 60.5 Å². The van der Waals surface area contributed by atoms with Crippen LogP contribution in [0.3, 0.4) is 0 Å². The summed E-state index contributed by atoms with van der Waals surface area (Å²) in [5, 5.41) is 15.4. The molecule has 0 radical (unpaired) electrons. The molecule has 0 bridgehead atoms. The minimum atomic E-state index is -1.43. The van der Waals surface area contributed by atoms with Gasteiger partial charge in [0.05, 0.1) is 26.1 Å². The standard InChI is InChI=1S/C27H29N3O7/c1-14-4-6-17-16(12-14)27(26(35)28-17)23-22(18(29-27)7-9-21(31)32)24(33)30(25(23)34)11-10-15-5-8-19(36-2)20(13-15)37-3/h4-6,8,12-13,18,22-23,29H,7,9-11H2,1-3H3,(H,28,35)(H,31,32)/t18-,22+,23+,27+/m0/s1. The molecule has 3 aliphatic rings. The van der Waals surface area contributed by atoms with E-state index in [9.17, 15) is 24.3 Å². The third kappa shape index (κ3) is 3.83. The molecule has 0 aliphatic carbocycles. The molecule has 3 heterocycles. The minimum absolute atomic E-state index is 0.120. The predicted octanol–water partition coefficient (Wildman–Crippen LogP) is 1.84. The first-order valence-electron chi connectivity index (χ1n) is 12.2. The minimum Gasteiger partial charge on any atom is -0.493 e. The fourth-order valence-corrected chi connectivity index (χ4v) is 6.00. The van der Waals surface area contributed by atoms with E-state index in [1.54, 1.807) is 25.3 Å². The average molecular weight is 508 g/mol. The number of nitrogens with zero attached hydrogens (tertiary/aromatic N) is 1. The monoisotopic (exact) mass is 507 g/mol. The SMILES string of the molecule is COc1ccc(CCN2C(=O)[C@@H]3[C@H](CCC(=O)O)N[C@@]4(C(=O)Nc5ccc(C)cc54)[C@H]3C2=O)cc1OC. The van der Waals surface area contributed by atoms with Crippen molar-refractivity contribution in [2.45, 2.75) is 37.8 Å². The topological polar surface area (TPSA) is 134 Å². The van der Waals surface area contributed by atoms with Crippen LogP contribution in [-0.2, 0) is 31.1 Å². The maximum atomic E-state index is 13.9. The summed E-state index contributed by atoms with van der Waals surface area (Å²) in [5.41, 5.74) is 1.53. The number of anilines is 1. The number of aryl methyl sites for hydroxylation is 1. The maximum Gasteiger partial charge on any atom is 0.303 e. The third-order valence-corrected chi connectivity index (χ3v) is 7.70. The van der Waals surface area contributed by atoms with Crippen LogP contribution in [0.2, 0.25) is 0 Å². The number of methoxy groups -OCH3 is 2. The van der Waals surface area contributed by atoms with Crippen molar-refractivity contribution < 1.29 is 33.8 Å². The number of fused-ring (bicyclic) bond motifs is 4. The molecule has 0 unspecified atom stereocenters. The van der Waals surface area contributed by atoms with Crippen LogP contribution in [0.25, 0.3) is 0 Å². The average Bonchev–Trinajstić information content (AvgIpc) is 3.45. The second kappa shape index (κ2) is 9.19. The van der Waals surface area contributed by atoms with E-state index >= 15 is 0 Å². The van der Waals surface area contributed by atoms with Gasteiger partial charge in [0.1, 0.15) is 5.54 Å². The second-order valence-corrected chi connectivity index (χ2v) is 9.77. The molecule has 2 aromatic carbocycles. The lowest BCUT2D eigenvalue weighted by molar-refractivity contribution is -0.143. The van der Waals surface area contributed by atoms with Crippen molar-refractivity contribution in [3.63, 3.8) is 0 Å². The number of benzene rings is 2. The van der Waals surface area contributed by atoms with E-state index in [1.807, 2.05) is 25.1 Å². The highest BCUT2D eigenvalue weighted by atomic mass is 16.5. The van der Waals surface area contributed by atoms with Crippen LogP contribution in [0, 0.1) is 18.8 Å². The van der Waals surface area contributed by atoms with Gasteiger partial charge in [0.25, 0.3) is 0 Å². The molecule has 4 atom stereocenters. The van der Waals surface area contributed by atoms with Gasteiger partial charge >= 0.3 is 5.97 Å². The van der Waals surface area contributed by atoms with Crippen LogP contribution in [0.4, 0.5) is 5.69 Å². The van der Waals surface area contributed by atoms with Crippen molar-refractivity contribution in [1.82, 2.24) is 10.2 Å². The van der Waals surface area contributed by atoms with E-state index in [0.717, 1.165) is 11.1 Å². The van der Waals surface area contributed by atoms with Gasteiger partial charge in [0.15, 0.2) is 11.5 Å². The van der Waals surface area contributed by atoms with E-state index in [-0.39, 0.29) is 25.3 Å². The maximum absolute atomic E-state index is 13.9. The van der Waals surface area contributed by atoms with Gasteiger partial charge in [0.2, 0.25) is 17.7 Å². The van der Waals surface area contributed by atoms with Gasteiger partial charge in [-0.1, -0.05) is 23.8 Å². The van der Waals surface area contributed by atoms with Gasteiger partial charge in [-0.25, -0.2) is 0 Å². The van der Waals surface area contributed by atoms with Gasteiger partial charge in [-0.3, -0.25) is 29.4 Å². The third-order valence-electron chi connectivity index (χ3n) is 7.70. The van der Waals surface area contributed by atoms with Crippen LogP contribution in [0.1, 0.15) is 29.5 Å². The van der Waals surface area contributed by atoms with Crippen molar-refractivity contribution in [3.05, 3.63) is 53.1 Å². The van der Waals surface area contributed by atoms with E-state index in [4.69, 9.17) is 9.47 Å². The van der Waals surface area contributed by atoms with Crippen molar-refractivity contribution >= 4 is 29.4 Å². The number of imide groups is 1. The number of nitrogens with one attached hydrogen (secondary N) is 2. The van der Waals surface area contributed by atoms with Crippen molar-refractivity contribution in [3.8, 4) is 11.5 Å². The Morgan fingerprint density at radius 2 is 1.81 bits per heavy atom. The van der Waals surface area contributed by atoms with Gasteiger partial charge in [-0.05, 0) is 43.5 Å². The second-order valence-electron chi connectivity index (χ2n) is 9.77. The molecule has 10 nitrogen and oxygen atoms in total. The molecule has 10 heteroatoms. The molecule has 0 saturated carbocycles. The van der Waals surface area contributed by atoms with E-state index < -0.39 is 41.2 Å². The first kappa shape index (κ1) is 24.8. The highest BCUT2D eigenvalue weighted by molar-refractivity contribution is 6.15. The van der Waals surface area contributed by atoms with Crippen LogP contribution < -0.4 is 20.1 Å². The lowest BCUT2D eigenvalue weighted by atomic mass is 9.76. The molecule has 1 spiro atoms. The lowest BCUT2D eigenvalue weighted by Gasteiger charge is -2.29. The quantitative estimate of drug-likeness (QED) is 0.461. The fourth-order valence-electron chi connectivity index (χ4n) is 6.00. The van der Waals surface area contributed by atoms with Crippen LogP contribution in [0.5, 0.6) is 11.5 Å². The molecule has 2 saturated heterocycles.